The normalized spacial score (nSPS) is 10.6. The van der Waals surface area contributed by atoms with Gasteiger partial charge < -0.3 is 0 Å². The van der Waals surface area contributed by atoms with Gasteiger partial charge in [-0.15, -0.1) is 12.4 Å². The molecule has 0 aliphatic rings. The van der Waals surface area contributed by atoms with Crippen LogP contribution in [0, 0.1) is 0 Å². The summed E-state index contributed by atoms with van der Waals surface area (Å²) in [6, 6.07) is 19.0. The number of halogens is 1. The molecule has 16 heavy (non-hydrogen) atoms. The van der Waals surface area contributed by atoms with Gasteiger partial charge in [0.25, 0.3) is 0 Å². The first-order chi connectivity index (χ1) is 7.21. The van der Waals surface area contributed by atoms with Crippen molar-refractivity contribution in [3.8, 4) is 0 Å². The molecule has 0 bridgehead atoms. The topological polar surface area (TPSA) is 17.1 Å². The Bertz CT molecular complexity index is 443. The summed E-state index contributed by atoms with van der Waals surface area (Å²) in [6.45, 7) is 0. The summed E-state index contributed by atoms with van der Waals surface area (Å²) in [5.41, 5.74) is 0. The molecule has 0 unspecified atom stereocenters. The predicted molar refractivity (Wildman–Crippen MR) is 67.0 cm³/mol. The second-order valence-electron chi connectivity index (χ2n) is 3.16. The summed E-state index contributed by atoms with van der Waals surface area (Å²) >= 11 is 3.05. The minimum absolute atomic E-state index is 0. The molecule has 0 heterocycles. The average Bonchev–Trinajstić information content (AvgIpc) is 2.31. The molecule has 0 aromatic heterocycles. The van der Waals surface area contributed by atoms with Gasteiger partial charge in [0.2, 0.25) is 0 Å². The fourth-order valence-electron chi connectivity index (χ4n) is 1.37. The van der Waals surface area contributed by atoms with E-state index in [1.165, 1.54) is 0 Å². The Morgan fingerprint density at radius 3 is 1.38 bits per heavy atom. The molecule has 2 aromatic rings. The van der Waals surface area contributed by atoms with Crippen LogP contribution in [0.25, 0.3) is 0 Å². The molecule has 1 nitrogen and oxygen atoms in total. The Hall–Kier alpha value is -0.378. The summed E-state index contributed by atoms with van der Waals surface area (Å²) in [4.78, 5) is 0. The van der Waals surface area contributed by atoms with Gasteiger partial charge in [0.05, 0.1) is 0 Å². The second-order valence-corrected chi connectivity index (χ2v) is 8.12. The molecule has 0 atom stereocenters. The fraction of sp³-hybridized carbons (Fsp3) is 0. The van der Waals surface area contributed by atoms with Crippen LogP contribution in [0.4, 0.5) is 0 Å². The maximum absolute atomic E-state index is 12.6. The van der Waals surface area contributed by atoms with Gasteiger partial charge in [0.1, 0.15) is 0 Å². The molecule has 2 aromatic carbocycles. The SMILES string of the molecule is Cl.O=[P]([Pd])(c1ccccc1)c1ccccc1. The number of rotatable bonds is 2. The Morgan fingerprint density at radius 1 is 0.750 bits per heavy atom. The number of hydrogen-bond acceptors (Lipinski definition) is 1. The van der Waals surface area contributed by atoms with Crippen LogP contribution in [-0.2, 0) is 23.3 Å². The van der Waals surface area contributed by atoms with Crippen LogP contribution in [0.15, 0.2) is 60.7 Å². The number of hydrogen-bond donors (Lipinski definition) is 0. The minimum atomic E-state index is -2.55. The van der Waals surface area contributed by atoms with E-state index in [1.807, 2.05) is 60.7 Å². The zero-order chi connectivity index (χ0) is 10.7. The predicted octanol–water partition coefficient (Wildman–Crippen LogP) is 2.88. The third kappa shape index (κ3) is 2.84. The van der Waals surface area contributed by atoms with E-state index in [0.717, 1.165) is 10.6 Å². The quantitative estimate of drug-likeness (QED) is 0.605. The van der Waals surface area contributed by atoms with Crippen molar-refractivity contribution in [2.75, 3.05) is 0 Å². The molecule has 0 aliphatic heterocycles. The van der Waals surface area contributed by atoms with Gasteiger partial charge in [-0.2, -0.15) is 0 Å². The molecule has 0 radical (unpaired) electrons. The first kappa shape index (κ1) is 13.7. The van der Waals surface area contributed by atoms with E-state index in [4.69, 9.17) is 0 Å². The Balaban J connectivity index is 0.00000128. The van der Waals surface area contributed by atoms with Gasteiger partial charge in [0.15, 0.2) is 0 Å². The Morgan fingerprint density at radius 2 is 1.06 bits per heavy atom. The molecule has 2 rings (SSSR count). The summed E-state index contributed by atoms with van der Waals surface area (Å²) in [5, 5.41) is -0.854. The van der Waals surface area contributed by atoms with Gasteiger partial charge in [-0.25, -0.2) is 0 Å². The van der Waals surface area contributed by atoms with Crippen molar-refractivity contribution >= 4 is 28.3 Å². The molecule has 4 heteroatoms. The molecular formula is C12H11ClOPPd. The third-order valence-electron chi connectivity index (χ3n) is 2.14. The van der Waals surface area contributed by atoms with Crippen molar-refractivity contribution in [3.05, 3.63) is 60.7 Å². The van der Waals surface area contributed by atoms with Crippen LogP contribution in [0.1, 0.15) is 0 Å². The van der Waals surface area contributed by atoms with Gasteiger partial charge >= 0.3 is 99.9 Å². The van der Waals surface area contributed by atoms with E-state index >= 15 is 0 Å². The Labute approximate surface area is 112 Å². The molecular weight excluding hydrogens is 333 g/mol. The van der Waals surface area contributed by atoms with Gasteiger partial charge in [-0.3, -0.25) is 0 Å². The summed E-state index contributed by atoms with van der Waals surface area (Å²) in [7, 11) is 0. The molecule has 0 saturated heterocycles. The average molecular weight is 344 g/mol. The number of benzene rings is 2. The molecule has 0 N–H and O–H groups in total. The van der Waals surface area contributed by atoms with Crippen molar-refractivity contribution in [3.63, 3.8) is 0 Å². The van der Waals surface area contributed by atoms with Gasteiger partial charge in [0, 0.05) is 0 Å². The Kier molecular flexibility index (Phi) is 4.96. The van der Waals surface area contributed by atoms with E-state index in [0.29, 0.717) is 0 Å². The molecule has 0 amide bonds. The van der Waals surface area contributed by atoms with Crippen LogP contribution < -0.4 is 10.6 Å². The third-order valence-corrected chi connectivity index (χ3v) is 6.41. The van der Waals surface area contributed by atoms with E-state index in [1.54, 1.807) is 0 Å². The maximum atomic E-state index is 12.6. The van der Waals surface area contributed by atoms with Gasteiger partial charge in [-0.05, 0) is 0 Å². The molecule has 0 fully saturated rings. The molecule has 87 valence electrons. The zero-order valence-corrected chi connectivity index (χ0v) is 11.6. The summed E-state index contributed by atoms with van der Waals surface area (Å²) in [6.07, 6.45) is 0. The van der Waals surface area contributed by atoms with E-state index in [9.17, 15) is 4.57 Å². The van der Waals surface area contributed by atoms with E-state index in [-0.39, 0.29) is 12.4 Å². The molecule has 0 aliphatic carbocycles. The summed E-state index contributed by atoms with van der Waals surface area (Å²) in [5.74, 6) is 0. The second kappa shape index (κ2) is 5.80. The van der Waals surface area contributed by atoms with Crippen LogP contribution >= 0.6 is 17.7 Å². The van der Waals surface area contributed by atoms with Crippen LogP contribution in [0.3, 0.4) is 0 Å². The van der Waals surface area contributed by atoms with E-state index in [2.05, 4.69) is 18.7 Å². The van der Waals surface area contributed by atoms with Crippen LogP contribution in [-0.4, -0.2) is 0 Å². The van der Waals surface area contributed by atoms with Crippen molar-refractivity contribution in [2.24, 2.45) is 0 Å². The van der Waals surface area contributed by atoms with Crippen LogP contribution in [0.5, 0.6) is 0 Å². The standard InChI is InChI=1S/C12H10OP.ClH.Pd/c13-14(11-7-3-1-4-8-11)12-9-5-2-6-10-12;;/h1-10H;1H;/q+1;;-1. The van der Waals surface area contributed by atoms with E-state index < -0.39 is 5.33 Å². The molecule has 0 saturated carbocycles. The van der Waals surface area contributed by atoms with Crippen molar-refractivity contribution in [1.82, 2.24) is 0 Å². The zero-order valence-electron chi connectivity index (χ0n) is 8.35. The van der Waals surface area contributed by atoms with Crippen molar-refractivity contribution in [2.45, 2.75) is 0 Å². The fourth-order valence-corrected chi connectivity index (χ4v) is 4.13. The monoisotopic (exact) mass is 343 g/mol. The van der Waals surface area contributed by atoms with Crippen molar-refractivity contribution in [1.29, 1.82) is 0 Å². The van der Waals surface area contributed by atoms with Gasteiger partial charge in [-0.1, -0.05) is 0 Å². The first-order valence-corrected chi connectivity index (χ1v) is 8.22. The van der Waals surface area contributed by atoms with Crippen LogP contribution in [0.2, 0.25) is 0 Å². The first-order valence-electron chi connectivity index (χ1n) is 4.59. The summed E-state index contributed by atoms with van der Waals surface area (Å²) < 4.78 is 12.6. The molecule has 0 spiro atoms. The van der Waals surface area contributed by atoms with Crippen molar-refractivity contribution < 1.29 is 23.3 Å².